The van der Waals surface area contributed by atoms with Gasteiger partial charge in [0.1, 0.15) is 18.5 Å². The Kier molecular flexibility index (Phi) is 5.91. The number of hydrogen-bond acceptors (Lipinski definition) is 4. The zero-order valence-corrected chi connectivity index (χ0v) is 18.3. The van der Waals surface area contributed by atoms with Crippen LogP contribution in [0.25, 0.3) is 0 Å². The van der Waals surface area contributed by atoms with Crippen molar-refractivity contribution in [3.63, 3.8) is 0 Å². The van der Waals surface area contributed by atoms with Gasteiger partial charge in [0.2, 0.25) is 0 Å². The van der Waals surface area contributed by atoms with Crippen molar-refractivity contribution in [2.75, 3.05) is 6.61 Å². The first-order chi connectivity index (χ1) is 13.2. The number of carbonyl (C=O) groups excluding carboxylic acids is 1. The van der Waals surface area contributed by atoms with Gasteiger partial charge < -0.3 is 18.7 Å². The fourth-order valence-electron chi connectivity index (χ4n) is 3.96. The van der Waals surface area contributed by atoms with Gasteiger partial charge in [0.15, 0.2) is 5.79 Å². The van der Waals surface area contributed by atoms with E-state index >= 15 is 0 Å². The first-order valence-corrected chi connectivity index (χ1v) is 11.7. The molecule has 0 unspecified atom stereocenters. The highest BCUT2D eigenvalue weighted by Gasteiger charge is 2.53. The molecular formula is C23H30O4Si. The highest BCUT2D eigenvalue weighted by atomic mass is 28.4. The summed E-state index contributed by atoms with van der Waals surface area (Å²) in [5.74, 6) is -0.708. The Labute approximate surface area is 169 Å². The lowest BCUT2D eigenvalue weighted by Gasteiger charge is -2.45. The molecule has 0 radical (unpaired) electrons. The monoisotopic (exact) mass is 398 g/mol. The summed E-state index contributed by atoms with van der Waals surface area (Å²) in [5, 5.41) is 2.07. The van der Waals surface area contributed by atoms with Crippen molar-refractivity contribution in [2.24, 2.45) is 0 Å². The van der Waals surface area contributed by atoms with E-state index < -0.39 is 26.3 Å². The summed E-state index contributed by atoms with van der Waals surface area (Å²) in [7, 11) is -2.81. The second kappa shape index (κ2) is 7.91. The molecule has 2 aromatic rings. The van der Waals surface area contributed by atoms with E-state index in [9.17, 15) is 4.79 Å². The lowest BCUT2D eigenvalue weighted by atomic mass is 10.2. The smallest absolute Gasteiger partial charge is 0.262 e. The van der Waals surface area contributed by atoms with Crippen molar-refractivity contribution < 1.29 is 18.7 Å². The molecule has 0 spiro atoms. The molecule has 5 heteroatoms. The molecule has 0 saturated carbocycles. The largest absolute Gasteiger partial charge is 0.395 e. The number of carbonyl (C=O) groups is 1. The predicted octanol–water partition coefficient (Wildman–Crippen LogP) is 3.28. The Bertz CT molecular complexity index is 744. The molecule has 0 N–H and O–H groups in total. The van der Waals surface area contributed by atoms with Crippen LogP contribution in [0.3, 0.4) is 0 Å². The number of aldehydes is 1. The zero-order valence-electron chi connectivity index (χ0n) is 17.3. The molecule has 0 aliphatic carbocycles. The van der Waals surface area contributed by atoms with E-state index in [1.54, 1.807) is 0 Å². The Hall–Kier alpha value is -1.79. The molecule has 1 aliphatic rings. The summed E-state index contributed by atoms with van der Waals surface area (Å²) in [6.07, 6.45) is -0.253. The topological polar surface area (TPSA) is 44.8 Å². The Balaban J connectivity index is 2.12. The summed E-state index contributed by atoms with van der Waals surface area (Å²) < 4.78 is 18.5. The molecule has 1 saturated heterocycles. The lowest BCUT2D eigenvalue weighted by Crippen LogP contribution is -2.68. The van der Waals surface area contributed by atoms with Gasteiger partial charge in [0.25, 0.3) is 8.32 Å². The van der Waals surface area contributed by atoms with Crippen molar-refractivity contribution >= 4 is 25.0 Å². The molecule has 4 nitrogen and oxygen atoms in total. The van der Waals surface area contributed by atoms with Crippen LogP contribution in [-0.4, -0.2) is 39.2 Å². The van der Waals surface area contributed by atoms with Crippen LogP contribution in [0, 0.1) is 0 Å². The maximum absolute atomic E-state index is 12.1. The first kappa shape index (κ1) is 20.9. The first-order valence-electron chi connectivity index (χ1n) is 9.75. The van der Waals surface area contributed by atoms with Gasteiger partial charge in [-0.2, -0.15) is 0 Å². The van der Waals surface area contributed by atoms with Crippen LogP contribution < -0.4 is 10.4 Å². The minimum Gasteiger partial charge on any atom is -0.395 e. The Morgan fingerprint density at radius 3 is 1.89 bits per heavy atom. The SMILES string of the molecule is CC1(C)OC[C@@H]([C@H](C=O)O[Si](c2ccccc2)(c2ccccc2)C(C)(C)C)O1. The second-order valence-corrected chi connectivity index (χ2v) is 13.0. The van der Waals surface area contributed by atoms with E-state index in [0.29, 0.717) is 6.61 Å². The van der Waals surface area contributed by atoms with Crippen LogP contribution in [0.1, 0.15) is 34.6 Å². The Morgan fingerprint density at radius 1 is 1.04 bits per heavy atom. The van der Waals surface area contributed by atoms with Crippen molar-refractivity contribution in [3.8, 4) is 0 Å². The maximum atomic E-state index is 12.1. The number of rotatable bonds is 6. The normalized spacial score (nSPS) is 20.7. The van der Waals surface area contributed by atoms with Crippen LogP contribution >= 0.6 is 0 Å². The lowest BCUT2D eigenvalue weighted by molar-refractivity contribution is -0.151. The predicted molar refractivity (Wildman–Crippen MR) is 113 cm³/mol. The number of hydrogen-bond donors (Lipinski definition) is 0. The summed E-state index contributed by atoms with van der Waals surface area (Å²) in [6.45, 7) is 10.6. The molecule has 0 amide bonds. The van der Waals surface area contributed by atoms with E-state index in [1.165, 1.54) is 0 Å². The van der Waals surface area contributed by atoms with Crippen LogP contribution in [0.4, 0.5) is 0 Å². The second-order valence-electron chi connectivity index (χ2n) is 8.75. The van der Waals surface area contributed by atoms with Gasteiger partial charge in [0.05, 0.1) is 6.61 Å². The minimum absolute atomic E-state index is 0.202. The van der Waals surface area contributed by atoms with Crippen molar-refractivity contribution in [2.45, 2.75) is 57.7 Å². The molecular weight excluding hydrogens is 368 g/mol. The molecule has 2 aromatic carbocycles. The third-order valence-electron chi connectivity index (χ3n) is 5.26. The number of ether oxygens (including phenoxy) is 2. The average molecular weight is 399 g/mol. The number of benzene rings is 2. The fraction of sp³-hybridized carbons (Fsp3) is 0.435. The summed E-state index contributed by atoms with van der Waals surface area (Å²) >= 11 is 0. The van der Waals surface area contributed by atoms with E-state index in [1.807, 2.05) is 50.2 Å². The van der Waals surface area contributed by atoms with Gasteiger partial charge in [-0.15, -0.1) is 0 Å². The average Bonchev–Trinajstić information content (AvgIpc) is 3.03. The molecule has 1 heterocycles. The molecule has 28 heavy (non-hydrogen) atoms. The zero-order chi connectivity index (χ0) is 20.4. The van der Waals surface area contributed by atoms with E-state index in [-0.39, 0.29) is 5.04 Å². The minimum atomic E-state index is -2.81. The van der Waals surface area contributed by atoms with Crippen LogP contribution in [0.15, 0.2) is 60.7 Å². The van der Waals surface area contributed by atoms with Gasteiger partial charge in [-0.05, 0) is 29.3 Å². The molecule has 3 rings (SSSR count). The molecule has 1 fully saturated rings. The standard InChI is InChI=1S/C23H30O4Si/c1-22(2,3)28(18-12-8-6-9-13-18,19-14-10-7-11-15-19)27-20(16-24)21-17-25-23(4,5)26-21/h6-16,20-21H,17H2,1-5H3/t20-,21-/m0/s1. The summed E-state index contributed by atoms with van der Waals surface area (Å²) in [5.41, 5.74) is 0. The summed E-state index contributed by atoms with van der Waals surface area (Å²) in [4.78, 5) is 12.1. The molecule has 1 aliphatic heterocycles. The van der Waals surface area contributed by atoms with Gasteiger partial charge in [-0.1, -0.05) is 81.4 Å². The third-order valence-corrected chi connectivity index (χ3v) is 10.3. The van der Waals surface area contributed by atoms with E-state index in [2.05, 4.69) is 45.0 Å². The van der Waals surface area contributed by atoms with Crippen LogP contribution in [0.2, 0.25) is 5.04 Å². The van der Waals surface area contributed by atoms with Gasteiger partial charge in [-0.25, -0.2) is 0 Å². The van der Waals surface area contributed by atoms with Gasteiger partial charge in [-0.3, -0.25) is 0 Å². The van der Waals surface area contributed by atoms with E-state index in [4.69, 9.17) is 13.9 Å². The van der Waals surface area contributed by atoms with Gasteiger partial charge in [0, 0.05) is 0 Å². The molecule has 0 bridgehead atoms. The third kappa shape index (κ3) is 3.98. The quantitative estimate of drug-likeness (QED) is 0.553. The highest BCUT2D eigenvalue weighted by Crippen LogP contribution is 2.38. The van der Waals surface area contributed by atoms with Crippen molar-refractivity contribution in [1.29, 1.82) is 0 Å². The van der Waals surface area contributed by atoms with Crippen molar-refractivity contribution in [1.82, 2.24) is 0 Å². The van der Waals surface area contributed by atoms with Crippen molar-refractivity contribution in [3.05, 3.63) is 60.7 Å². The van der Waals surface area contributed by atoms with Gasteiger partial charge >= 0.3 is 0 Å². The highest BCUT2D eigenvalue weighted by molar-refractivity contribution is 6.99. The van der Waals surface area contributed by atoms with E-state index in [0.717, 1.165) is 16.7 Å². The molecule has 150 valence electrons. The molecule has 2 atom stereocenters. The Morgan fingerprint density at radius 2 is 1.54 bits per heavy atom. The van der Waals surface area contributed by atoms with Crippen LogP contribution in [-0.2, 0) is 18.7 Å². The fourth-order valence-corrected chi connectivity index (χ4v) is 8.59. The van der Waals surface area contributed by atoms with Crippen LogP contribution in [0.5, 0.6) is 0 Å². The summed E-state index contributed by atoms with van der Waals surface area (Å²) in [6, 6.07) is 20.6. The molecule has 0 aromatic heterocycles. The maximum Gasteiger partial charge on any atom is 0.262 e.